The third-order valence-corrected chi connectivity index (χ3v) is 5.27. The van der Waals surface area contributed by atoms with Crippen molar-refractivity contribution in [3.8, 4) is 0 Å². The highest BCUT2D eigenvalue weighted by molar-refractivity contribution is 7.13. The lowest BCUT2D eigenvalue weighted by molar-refractivity contribution is -0.122. The van der Waals surface area contributed by atoms with Gasteiger partial charge in [0, 0.05) is 31.4 Å². The highest BCUT2D eigenvalue weighted by Crippen LogP contribution is 2.24. The van der Waals surface area contributed by atoms with Crippen LogP contribution in [0.4, 0.5) is 5.13 Å². The molecule has 1 aliphatic rings. The summed E-state index contributed by atoms with van der Waals surface area (Å²) < 4.78 is 0. The molecule has 1 saturated heterocycles. The van der Waals surface area contributed by atoms with Crippen molar-refractivity contribution in [1.29, 1.82) is 0 Å². The quantitative estimate of drug-likeness (QED) is 0.757. The van der Waals surface area contributed by atoms with Gasteiger partial charge < -0.3 is 16.0 Å². The van der Waals surface area contributed by atoms with Crippen molar-refractivity contribution < 1.29 is 4.79 Å². The second-order valence-electron chi connectivity index (χ2n) is 6.24. The number of halogens is 2. The van der Waals surface area contributed by atoms with E-state index in [1.807, 2.05) is 31.2 Å². The number of hydrogen-bond donors (Lipinski definition) is 2. The van der Waals surface area contributed by atoms with Crippen molar-refractivity contribution in [3.63, 3.8) is 0 Å². The average Bonchev–Trinajstić information content (AvgIpc) is 3.26. The number of aryl methyl sites for hydroxylation is 1. The van der Waals surface area contributed by atoms with Gasteiger partial charge in [-0.3, -0.25) is 4.79 Å². The maximum atomic E-state index is 12.2. The van der Waals surface area contributed by atoms with Gasteiger partial charge in [0.2, 0.25) is 5.91 Å². The number of rotatable bonds is 6. The van der Waals surface area contributed by atoms with E-state index in [1.54, 1.807) is 11.3 Å². The summed E-state index contributed by atoms with van der Waals surface area (Å²) in [5.74, 6) is -0.145. The fourth-order valence-corrected chi connectivity index (χ4v) is 3.73. The number of thiazole rings is 1. The van der Waals surface area contributed by atoms with E-state index >= 15 is 0 Å². The molecule has 26 heavy (non-hydrogen) atoms. The van der Waals surface area contributed by atoms with E-state index in [1.165, 1.54) is 12.8 Å². The van der Waals surface area contributed by atoms with Crippen LogP contribution in [0.3, 0.4) is 0 Å². The molecule has 1 amide bonds. The van der Waals surface area contributed by atoms with Crippen LogP contribution in [0.5, 0.6) is 0 Å². The zero-order chi connectivity index (χ0) is 16.9. The number of nitrogens with one attached hydrogen (secondary N) is 1. The van der Waals surface area contributed by atoms with Crippen molar-refractivity contribution in [2.75, 3.05) is 24.5 Å². The molecule has 1 aromatic carbocycles. The van der Waals surface area contributed by atoms with Gasteiger partial charge in [0.25, 0.3) is 0 Å². The summed E-state index contributed by atoms with van der Waals surface area (Å²) in [7, 11) is 0. The molecule has 144 valence electrons. The summed E-state index contributed by atoms with van der Waals surface area (Å²) in [5, 5.41) is 6.09. The lowest BCUT2D eigenvalue weighted by atomic mass is 10.1. The van der Waals surface area contributed by atoms with Gasteiger partial charge in [-0.2, -0.15) is 0 Å². The molecular weight excluding hydrogens is 391 g/mol. The first-order valence-corrected chi connectivity index (χ1v) is 9.30. The third kappa shape index (κ3) is 5.84. The minimum atomic E-state index is -0.624. The molecule has 8 heteroatoms. The van der Waals surface area contributed by atoms with E-state index in [2.05, 4.69) is 20.6 Å². The van der Waals surface area contributed by atoms with Crippen LogP contribution in [0.2, 0.25) is 0 Å². The molecule has 1 aromatic heterocycles. The van der Waals surface area contributed by atoms with Gasteiger partial charge in [0.05, 0.1) is 5.69 Å². The van der Waals surface area contributed by atoms with Crippen LogP contribution < -0.4 is 16.0 Å². The fraction of sp³-hybridized carbons (Fsp3) is 0.444. The Morgan fingerprint density at radius 2 is 1.92 bits per heavy atom. The average molecular weight is 417 g/mol. The monoisotopic (exact) mass is 416 g/mol. The molecule has 0 aliphatic carbocycles. The molecule has 0 radical (unpaired) electrons. The summed E-state index contributed by atoms with van der Waals surface area (Å²) in [4.78, 5) is 19.2. The van der Waals surface area contributed by atoms with E-state index in [4.69, 9.17) is 5.73 Å². The van der Waals surface area contributed by atoms with Crippen LogP contribution >= 0.6 is 36.2 Å². The highest BCUT2D eigenvalue weighted by Gasteiger charge is 2.17. The van der Waals surface area contributed by atoms with Crippen molar-refractivity contribution in [2.24, 2.45) is 5.73 Å². The Bertz CT molecular complexity index is 687. The fourth-order valence-electron chi connectivity index (χ4n) is 2.81. The molecule has 5 nitrogen and oxygen atoms in total. The predicted octanol–water partition coefficient (Wildman–Crippen LogP) is 3.25. The standard InChI is InChI=1S/C18H24N4OS.2ClH/c1-13-4-6-14(7-5-13)16(19)17(23)20-9-8-15-12-24-18(21-15)22-10-2-3-11-22;;/h4-7,12,16H,2-3,8-11,19H2,1H3,(H,20,23);2*1H. The Balaban J connectivity index is 0.00000169. The van der Waals surface area contributed by atoms with Gasteiger partial charge in [-0.25, -0.2) is 4.98 Å². The van der Waals surface area contributed by atoms with Gasteiger partial charge in [-0.1, -0.05) is 29.8 Å². The van der Waals surface area contributed by atoms with Crippen LogP contribution in [-0.2, 0) is 11.2 Å². The molecular formula is C18H26Cl2N4OS. The Morgan fingerprint density at radius 3 is 2.58 bits per heavy atom. The molecule has 2 heterocycles. The summed E-state index contributed by atoms with van der Waals surface area (Å²) in [6.45, 7) is 4.78. The Morgan fingerprint density at radius 1 is 1.27 bits per heavy atom. The van der Waals surface area contributed by atoms with Crippen molar-refractivity contribution in [2.45, 2.75) is 32.2 Å². The van der Waals surface area contributed by atoms with Crippen LogP contribution in [0.25, 0.3) is 0 Å². The zero-order valence-corrected chi connectivity index (χ0v) is 17.3. The Hall–Kier alpha value is -1.34. The van der Waals surface area contributed by atoms with E-state index in [0.717, 1.165) is 41.5 Å². The second kappa shape index (κ2) is 10.7. The number of amides is 1. The SMILES string of the molecule is Cc1ccc(C(N)C(=O)NCCc2csc(N3CCCC3)n2)cc1.Cl.Cl. The van der Waals surface area contributed by atoms with Gasteiger partial charge in [0.1, 0.15) is 6.04 Å². The van der Waals surface area contributed by atoms with E-state index < -0.39 is 6.04 Å². The number of hydrogen-bond acceptors (Lipinski definition) is 5. The number of carbonyl (C=O) groups excluding carboxylic acids is 1. The van der Waals surface area contributed by atoms with E-state index in [9.17, 15) is 4.79 Å². The number of benzene rings is 1. The lowest BCUT2D eigenvalue weighted by Crippen LogP contribution is -2.35. The normalized spacial score (nSPS) is 14.3. The van der Waals surface area contributed by atoms with Crippen LogP contribution in [0.1, 0.15) is 35.7 Å². The first-order valence-electron chi connectivity index (χ1n) is 8.43. The smallest absolute Gasteiger partial charge is 0.241 e. The molecule has 0 bridgehead atoms. The minimum Gasteiger partial charge on any atom is -0.354 e. The van der Waals surface area contributed by atoms with Gasteiger partial charge in [-0.05, 0) is 25.3 Å². The number of nitrogens with two attached hydrogens (primary N) is 1. The van der Waals surface area contributed by atoms with Crippen molar-refractivity contribution in [3.05, 3.63) is 46.5 Å². The summed E-state index contributed by atoms with van der Waals surface area (Å²) >= 11 is 1.69. The molecule has 1 unspecified atom stereocenters. The topological polar surface area (TPSA) is 71.2 Å². The molecule has 3 rings (SSSR count). The van der Waals surface area contributed by atoms with Gasteiger partial charge in [0.15, 0.2) is 5.13 Å². The first kappa shape index (κ1) is 22.7. The lowest BCUT2D eigenvalue weighted by Gasteiger charge is -2.13. The maximum Gasteiger partial charge on any atom is 0.241 e. The van der Waals surface area contributed by atoms with Crippen LogP contribution in [0.15, 0.2) is 29.6 Å². The predicted molar refractivity (Wildman–Crippen MR) is 113 cm³/mol. The van der Waals surface area contributed by atoms with Crippen LogP contribution in [0, 0.1) is 6.92 Å². The Kier molecular flexibility index (Phi) is 9.36. The molecule has 1 atom stereocenters. The van der Waals surface area contributed by atoms with Gasteiger partial charge in [-0.15, -0.1) is 36.2 Å². The van der Waals surface area contributed by atoms with Gasteiger partial charge >= 0.3 is 0 Å². The largest absolute Gasteiger partial charge is 0.354 e. The van der Waals surface area contributed by atoms with Crippen molar-refractivity contribution in [1.82, 2.24) is 10.3 Å². The molecule has 0 saturated carbocycles. The third-order valence-electron chi connectivity index (χ3n) is 4.32. The molecule has 0 spiro atoms. The van der Waals surface area contributed by atoms with E-state index in [-0.39, 0.29) is 30.7 Å². The van der Waals surface area contributed by atoms with E-state index in [0.29, 0.717) is 6.54 Å². The number of anilines is 1. The zero-order valence-electron chi connectivity index (χ0n) is 14.8. The number of carbonyl (C=O) groups is 1. The number of nitrogens with zero attached hydrogens (tertiary/aromatic N) is 2. The first-order chi connectivity index (χ1) is 11.6. The highest BCUT2D eigenvalue weighted by atomic mass is 35.5. The molecule has 1 aliphatic heterocycles. The number of aromatic nitrogens is 1. The Labute approximate surface area is 171 Å². The second-order valence-corrected chi connectivity index (χ2v) is 7.08. The summed E-state index contributed by atoms with van der Waals surface area (Å²) in [5.41, 5.74) is 9.05. The minimum absolute atomic E-state index is 0. The summed E-state index contributed by atoms with van der Waals surface area (Å²) in [6.07, 6.45) is 3.24. The van der Waals surface area contributed by atoms with Crippen molar-refractivity contribution >= 4 is 47.2 Å². The summed E-state index contributed by atoms with van der Waals surface area (Å²) in [6, 6.07) is 7.13. The molecule has 2 aromatic rings. The van der Waals surface area contributed by atoms with Crippen LogP contribution in [-0.4, -0.2) is 30.5 Å². The maximum absolute atomic E-state index is 12.2. The molecule has 3 N–H and O–H groups in total. The molecule has 1 fully saturated rings.